The molecule has 4 nitrogen and oxygen atoms in total. The molecule has 0 atom stereocenters. The quantitative estimate of drug-likeness (QED) is 0.857. The van der Waals surface area contributed by atoms with E-state index >= 15 is 0 Å². The van der Waals surface area contributed by atoms with Gasteiger partial charge in [0, 0.05) is 18.1 Å². The lowest BCUT2D eigenvalue weighted by Crippen LogP contribution is -2.36. The van der Waals surface area contributed by atoms with E-state index in [1.807, 2.05) is 48.5 Å². The second-order valence-electron chi connectivity index (χ2n) is 4.83. The number of carbonyl (C=O) groups excluding carboxylic acids is 1. The Bertz CT molecular complexity index is 597. The second-order valence-corrected chi connectivity index (χ2v) is 5.27. The molecule has 0 aliphatic heterocycles. The van der Waals surface area contributed by atoms with Crippen molar-refractivity contribution in [1.29, 1.82) is 0 Å². The standard InChI is InChI=1S/C17H19ClN2O2/c1-22-16-8-4-14(5-9-16)12-20-17(21)19-11-10-13-2-6-15(18)7-3-13/h2-9H,10-12H2,1H3,(H2,19,20,21). The van der Waals surface area contributed by atoms with Gasteiger partial charge in [0.25, 0.3) is 0 Å². The Kier molecular flexibility index (Phi) is 6.10. The molecule has 0 radical (unpaired) electrons. The van der Waals surface area contributed by atoms with Gasteiger partial charge >= 0.3 is 6.03 Å². The van der Waals surface area contributed by atoms with Crippen LogP contribution in [0.5, 0.6) is 5.75 Å². The topological polar surface area (TPSA) is 50.4 Å². The molecule has 0 unspecified atom stereocenters. The molecule has 2 aromatic rings. The Balaban J connectivity index is 1.68. The number of hydrogen-bond acceptors (Lipinski definition) is 2. The van der Waals surface area contributed by atoms with Gasteiger partial charge in [-0.05, 0) is 41.8 Å². The van der Waals surface area contributed by atoms with Gasteiger partial charge in [0.15, 0.2) is 0 Å². The predicted octanol–water partition coefficient (Wildman–Crippen LogP) is 3.39. The van der Waals surface area contributed by atoms with E-state index < -0.39 is 0 Å². The van der Waals surface area contributed by atoms with Gasteiger partial charge in [-0.15, -0.1) is 0 Å². The van der Waals surface area contributed by atoms with Crippen molar-refractivity contribution in [3.63, 3.8) is 0 Å². The van der Waals surface area contributed by atoms with Crippen molar-refractivity contribution in [3.8, 4) is 5.75 Å². The Morgan fingerprint density at radius 2 is 1.64 bits per heavy atom. The number of nitrogens with one attached hydrogen (secondary N) is 2. The first kappa shape index (κ1) is 16.2. The van der Waals surface area contributed by atoms with E-state index in [9.17, 15) is 4.79 Å². The van der Waals surface area contributed by atoms with Crippen LogP contribution in [0.4, 0.5) is 4.79 Å². The van der Waals surface area contributed by atoms with Gasteiger partial charge in [-0.2, -0.15) is 0 Å². The van der Waals surface area contributed by atoms with Crippen LogP contribution in [-0.4, -0.2) is 19.7 Å². The van der Waals surface area contributed by atoms with Gasteiger partial charge in [-0.1, -0.05) is 35.9 Å². The van der Waals surface area contributed by atoms with Gasteiger partial charge < -0.3 is 15.4 Å². The highest BCUT2D eigenvalue weighted by Crippen LogP contribution is 2.11. The highest BCUT2D eigenvalue weighted by atomic mass is 35.5. The summed E-state index contributed by atoms with van der Waals surface area (Å²) in [5, 5.41) is 6.37. The molecule has 2 rings (SSSR count). The first-order valence-electron chi connectivity index (χ1n) is 7.06. The molecule has 22 heavy (non-hydrogen) atoms. The Labute approximate surface area is 135 Å². The van der Waals surface area contributed by atoms with Gasteiger partial charge in [0.05, 0.1) is 7.11 Å². The van der Waals surface area contributed by atoms with Crippen LogP contribution < -0.4 is 15.4 Å². The molecule has 0 saturated heterocycles. The summed E-state index contributed by atoms with van der Waals surface area (Å²) in [5.74, 6) is 0.802. The fraction of sp³-hybridized carbons (Fsp3) is 0.235. The monoisotopic (exact) mass is 318 g/mol. The molecule has 0 aliphatic rings. The van der Waals surface area contributed by atoms with Crippen molar-refractivity contribution in [2.45, 2.75) is 13.0 Å². The Morgan fingerprint density at radius 3 is 2.27 bits per heavy atom. The van der Waals surface area contributed by atoms with Crippen LogP contribution in [0.1, 0.15) is 11.1 Å². The number of amides is 2. The van der Waals surface area contributed by atoms with E-state index in [0.29, 0.717) is 18.1 Å². The average molecular weight is 319 g/mol. The summed E-state index contributed by atoms with van der Waals surface area (Å²) in [6.07, 6.45) is 0.771. The molecular weight excluding hydrogens is 300 g/mol. The van der Waals surface area contributed by atoms with Gasteiger partial charge in [-0.25, -0.2) is 4.79 Å². The highest BCUT2D eigenvalue weighted by molar-refractivity contribution is 6.30. The van der Waals surface area contributed by atoms with Crippen LogP contribution >= 0.6 is 11.6 Å². The minimum atomic E-state index is -0.176. The van der Waals surface area contributed by atoms with Crippen molar-refractivity contribution >= 4 is 17.6 Å². The molecule has 0 aliphatic carbocycles. The molecule has 5 heteroatoms. The van der Waals surface area contributed by atoms with Gasteiger partial charge in [0.2, 0.25) is 0 Å². The number of rotatable bonds is 6. The van der Waals surface area contributed by atoms with Crippen molar-refractivity contribution in [1.82, 2.24) is 10.6 Å². The molecule has 0 saturated carbocycles. The fourth-order valence-corrected chi connectivity index (χ4v) is 2.09. The maximum Gasteiger partial charge on any atom is 0.315 e. The zero-order valence-electron chi connectivity index (χ0n) is 12.4. The lowest BCUT2D eigenvalue weighted by molar-refractivity contribution is 0.240. The number of carbonyl (C=O) groups is 1. The predicted molar refractivity (Wildman–Crippen MR) is 88.4 cm³/mol. The lowest BCUT2D eigenvalue weighted by atomic mass is 10.1. The molecule has 0 aromatic heterocycles. The van der Waals surface area contributed by atoms with E-state index in [1.54, 1.807) is 7.11 Å². The number of methoxy groups -OCH3 is 1. The molecule has 116 valence electrons. The largest absolute Gasteiger partial charge is 0.497 e. The van der Waals surface area contributed by atoms with Crippen molar-refractivity contribution < 1.29 is 9.53 Å². The van der Waals surface area contributed by atoms with Crippen LogP contribution in [0.3, 0.4) is 0 Å². The highest BCUT2D eigenvalue weighted by Gasteiger charge is 2.01. The van der Waals surface area contributed by atoms with Crippen LogP contribution in [0.15, 0.2) is 48.5 Å². The minimum absolute atomic E-state index is 0.176. The van der Waals surface area contributed by atoms with Crippen LogP contribution in [0.2, 0.25) is 5.02 Å². The Hall–Kier alpha value is -2.20. The van der Waals surface area contributed by atoms with Crippen LogP contribution in [-0.2, 0) is 13.0 Å². The summed E-state index contributed by atoms with van der Waals surface area (Å²) in [4.78, 5) is 11.7. The molecule has 2 amide bonds. The SMILES string of the molecule is COc1ccc(CNC(=O)NCCc2ccc(Cl)cc2)cc1. The molecule has 0 heterocycles. The van der Waals surface area contributed by atoms with Crippen molar-refractivity contribution in [2.75, 3.05) is 13.7 Å². The van der Waals surface area contributed by atoms with E-state index in [4.69, 9.17) is 16.3 Å². The third-order valence-corrected chi connectivity index (χ3v) is 3.48. The summed E-state index contributed by atoms with van der Waals surface area (Å²) in [5.41, 5.74) is 2.16. The second kappa shape index (κ2) is 8.29. The summed E-state index contributed by atoms with van der Waals surface area (Å²) < 4.78 is 5.09. The summed E-state index contributed by atoms with van der Waals surface area (Å²) in [6.45, 7) is 1.06. The summed E-state index contributed by atoms with van der Waals surface area (Å²) in [7, 11) is 1.63. The van der Waals surface area contributed by atoms with E-state index in [-0.39, 0.29) is 6.03 Å². The number of ether oxygens (including phenoxy) is 1. The smallest absolute Gasteiger partial charge is 0.315 e. The molecule has 0 bridgehead atoms. The zero-order valence-corrected chi connectivity index (χ0v) is 13.2. The van der Waals surface area contributed by atoms with E-state index in [1.165, 1.54) is 0 Å². The third kappa shape index (κ3) is 5.30. The van der Waals surface area contributed by atoms with Gasteiger partial charge in [0.1, 0.15) is 5.75 Å². The first-order chi connectivity index (χ1) is 10.7. The maximum atomic E-state index is 11.7. The fourth-order valence-electron chi connectivity index (χ4n) is 1.96. The lowest BCUT2D eigenvalue weighted by Gasteiger charge is -2.08. The number of halogens is 1. The van der Waals surface area contributed by atoms with E-state index in [0.717, 1.165) is 23.3 Å². The van der Waals surface area contributed by atoms with Crippen LogP contribution in [0, 0.1) is 0 Å². The summed E-state index contributed by atoms with van der Waals surface area (Å²) in [6, 6.07) is 15.0. The normalized spacial score (nSPS) is 10.1. The van der Waals surface area contributed by atoms with E-state index in [2.05, 4.69) is 10.6 Å². The third-order valence-electron chi connectivity index (χ3n) is 3.22. The molecule has 0 fully saturated rings. The van der Waals surface area contributed by atoms with Crippen molar-refractivity contribution in [3.05, 3.63) is 64.7 Å². The number of hydrogen-bond donors (Lipinski definition) is 2. The molecular formula is C17H19ClN2O2. The Morgan fingerprint density at radius 1 is 1.00 bits per heavy atom. The number of benzene rings is 2. The molecule has 0 spiro atoms. The maximum absolute atomic E-state index is 11.7. The van der Waals surface area contributed by atoms with Gasteiger partial charge in [-0.3, -0.25) is 0 Å². The zero-order chi connectivity index (χ0) is 15.8. The molecule has 2 aromatic carbocycles. The first-order valence-corrected chi connectivity index (χ1v) is 7.44. The summed E-state index contributed by atoms with van der Waals surface area (Å²) >= 11 is 5.83. The van der Waals surface area contributed by atoms with Crippen molar-refractivity contribution in [2.24, 2.45) is 0 Å². The number of urea groups is 1. The minimum Gasteiger partial charge on any atom is -0.497 e. The average Bonchev–Trinajstić information content (AvgIpc) is 2.55. The molecule has 2 N–H and O–H groups in total. The van der Waals surface area contributed by atoms with Crippen LogP contribution in [0.25, 0.3) is 0 Å².